The van der Waals surface area contributed by atoms with Crippen LogP contribution in [-0.4, -0.2) is 63.5 Å². The quantitative estimate of drug-likeness (QED) is 0.497. The number of carbonyl (C=O) groups excluding carboxylic acids is 1. The molecule has 2 N–H and O–H groups in total. The Kier molecular flexibility index (Phi) is 9.22. The van der Waals surface area contributed by atoms with Crippen LogP contribution in [0, 0.1) is 0 Å². The molecule has 1 heterocycles. The molecule has 2 rings (SSSR count). The number of nitrogens with zero attached hydrogens (tertiary/aromatic N) is 2. The molecule has 0 spiro atoms. The third-order valence-electron chi connectivity index (χ3n) is 4.59. The average Bonchev–Trinajstić information content (AvgIpc) is 2.75. The zero-order chi connectivity index (χ0) is 22.0. The Hall–Kier alpha value is -2.49. The second-order valence-corrected chi connectivity index (χ2v) is 8.48. The van der Waals surface area contributed by atoms with Crippen molar-refractivity contribution in [3.63, 3.8) is 0 Å². The van der Waals surface area contributed by atoms with Crippen molar-refractivity contribution in [1.29, 1.82) is 0 Å². The zero-order valence-corrected chi connectivity index (χ0v) is 18.5. The van der Waals surface area contributed by atoms with E-state index in [2.05, 4.69) is 15.6 Å². The molecule has 0 radical (unpaired) electrons. The fraction of sp³-hybridized carbons (Fsp3) is 0.429. The van der Waals surface area contributed by atoms with Gasteiger partial charge in [-0.3, -0.25) is 9.78 Å². The van der Waals surface area contributed by atoms with Gasteiger partial charge in [0.05, 0.1) is 17.1 Å². The molecule has 0 saturated heterocycles. The van der Waals surface area contributed by atoms with Gasteiger partial charge in [0, 0.05) is 57.3 Å². The van der Waals surface area contributed by atoms with Gasteiger partial charge in [0.1, 0.15) is 0 Å². The lowest BCUT2D eigenvalue weighted by Crippen LogP contribution is -2.31. The summed E-state index contributed by atoms with van der Waals surface area (Å²) in [5, 5.41) is 5.99. The van der Waals surface area contributed by atoms with Crippen molar-refractivity contribution in [3.05, 3.63) is 53.9 Å². The molecule has 1 aromatic carbocycles. The number of sulfonamides is 1. The van der Waals surface area contributed by atoms with Gasteiger partial charge in [-0.1, -0.05) is 19.9 Å². The van der Waals surface area contributed by atoms with Gasteiger partial charge in [0.15, 0.2) is 0 Å². The summed E-state index contributed by atoms with van der Waals surface area (Å²) in [7, 11) is -2.08. The molecule has 1 aromatic heterocycles. The minimum atomic E-state index is -3.67. The number of hydrogen-bond acceptors (Lipinski definition) is 6. The molecule has 1 amide bonds. The molecule has 0 saturated carbocycles. The molecule has 0 aliphatic heterocycles. The largest absolute Gasteiger partial charge is 0.383 e. The molecular formula is C21H30N4O4S. The first-order chi connectivity index (χ1) is 14.4. The van der Waals surface area contributed by atoms with E-state index < -0.39 is 10.0 Å². The van der Waals surface area contributed by atoms with E-state index in [4.69, 9.17) is 4.74 Å². The van der Waals surface area contributed by atoms with Crippen molar-refractivity contribution >= 4 is 21.6 Å². The van der Waals surface area contributed by atoms with Gasteiger partial charge in [0.25, 0.3) is 5.91 Å². The summed E-state index contributed by atoms with van der Waals surface area (Å²) in [6, 6.07) is 10.2. The predicted octanol–water partition coefficient (Wildman–Crippen LogP) is 2.14. The number of carbonyl (C=O) groups is 1. The van der Waals surface area contributed by atoms with E-state index in [-0.39, 0.29) is 16.4 Å². The highest BCUT2D eigenvalue weighted by atomic mass is 32.2. The molecular weight excluding hydrogens is 404 g/mol. The molecule has 2 aromatic rings. The van der Waals surface area contributed by atoms with Crippen LogP contribution < -0.4 is 10.6 Å². The number of anilines is 1. The third-order valence-corrected chi connectivity index (χ3v) is 6.64. The number of methoxy groups -OCH3 is 1. The molecule has 0 bridgehead atoms. The van der Waals surface area contributed by atoms with Gasteiger partial charge in [-0.15, -0.1) is 0 Å². The van der Waals surface area contributed by atoms with Crippen LogP contribution in [0.25, 0.3) is 0 Å². The number of aromatic nitrogens is 1. The Morgan fingerprint density at radius 2 is 1.90 bits per heavy atom. The Balaban J connectivity index is 2.24. The van der Waals surface area contributed by atoms with Gasteiger partial charge >= 0.3 is 0 Å². The fourth-order valence-corrected chi connectivity index (χ4v) is 4.46. The Bertz CT molecular complexity index is 916. The van der Waals surface area contributed by atoms with Crippen molar-refractivity contribution in [3.8, 4) is 0 Å². The van der Waals surface area contributed by atoms with Gasteiger partial charge in [0.2, 0.25) is 10.0 Å². The molecule has 30 heavy (non-hydrogen) atoms. The minimum absolute atomic E-state index is 0.0957. The van der Waals surface area contributed by atoms with Crippen LogP contribution in [0.2, 0.25) is 0 Å². The van der Waals surface area contributed by atoms with Crippen LogP contribution in [-0.2, 0) is 21.2 Å². The van der Waals surface area contributed by atoms with Gasteiger partial charge in [-0.25, -0.2) is 8.42 Å². The fourth-order valence-electron chi connectivity index (χ4n) is 2.97. The normalized spacial score (nSPS) is 11.5. The standard InChI is InChI=1S/C21H30N4O4S/c1-4-25(5-2)30(27,28)18-9-10-20(23-14-15-29-3)19(16-18)21(26)24-13-11-17-8-6-7-12-22-17/h6-10,12,16,23H,4-5,11,13-15H2,1-3H3,(H,24,26). The lowest BCUT2D eigenvalue weighted by molar-refractivity contribution is 0.0954. The number of nitrogens with one attached hydrogen (secondary N) is 2. The zero-order valence-electron chi connectivity index (χ0n) is 17.7. The second kappa shape index (κ2) is 11.6. The van der Waals surface area contributed by atoms with E-state index >= 15 is 0 Å². The molecule has 8 nitrogen and oxygen atoms in total. The Morgan fingerprint density at radius 1 is 1.13 bits per heavy atom. The molecule has 0 unspecified atom stereocenters. The van der Waals surface area contributed by atoms with Gasteiger partial charge < -0.3 is 15.4 Å². The van der Waals surface area contributed by atoms with Crippen molar-refractivity contribution in [2.45, 2.75) is 25.2 Å². The van der Waals surface area contributed by atoms with Crippen LogP contribution in [0.3, 0.4) is 0 Å². The average molecular weight is 435 g/mol. The number of ether oxygens (including phenoxy) is 1. The van der Waals surface area contributed by atoms with Gasteiger partial charge in [-0.05, 0) is 30.3 Å². The predicted molar refractivity (Wildman–Crippen MR) is 117 cm³/mol. The highest BCUT2D eigenvalue weighted by Gasteiger charge is 2.24. The maximum Gasteiger partial charge on any atom is 0.253 e. The topological polar surface area (TPSA) is 101 Å². The number of hydrogen-bond donors (Lipinski definition) is 2. The van der Waals surface area contributed by atoms with Crippen LogP contribution in [0.4, 0.5) is 5.69 Å². The summed E-state index contributed by atoms with van der Waals surface area (Å²) in [5.74, 6) is -0.345. The Morgan fingerprint density at radius 3 is 2.53 bits per heavy atom. The molecule has 164 valence electrons. The lowest BCUT2D eigenvalue weighted by Gasteiger charge is -2.20. The van der Waals surface area contributed by atoms with Crippen LogP contribution >= 0.6 is 0 Å². The van der Waals surface area contributed by atoms with E-state index in [0.29, 0.717) is 44.9 Å². The van der Waals surface area contributed by atoms with Crippen molar-refractivity contribution < 1.29 is 17.9 Å². The molecule has 0 aliphatic carbocycles. The van der Waals surface area contributed by atoms with E-state index in [1.807, 2.05) is 18.2 Å². The van der Waals surface area contributed by atoms with Crippen LogP contribution in [0.1, 0.15) is 29.9 Å². The number of rotatable bonds is 12. The summed E-state index contributed by atoms with van der Waals surface area (Å²) >= 11 is 0. The lowest BCUT2D eigenvalue weighted by atomic mass is 10.1. The highest BCUT2D eigenvalue weighted by molar-refractivity contribution is 7.89. The SMILES string of the molecule is CCN(CC)S(=O)(=O)c1ccc(NCCOC)c(C(=O)NCCc2ccccn2)c1. The van der Waals surface area contributed by atoms with Crippen LogP contribution in [0.5, 0.6) is 0 Å². The number of pyridine rings is 1. The minimum Gasteiger partial charge on any atom is -0.383 e. The van der Waals surface area contributed by atoms with Crippen molar-refractivity contribution in [1.82, 2.24) is 14.6 Å². The van der Waals surface area contributed by atoms with Crippen LogP contribution in [0.15, 0.2) is 47.5 Å². The monoisotopic (exact) mass is 434 g/mol. The third kappa shape index (κ3) is 6.25. The molecule has 9 heteroatoms. The van der Waals surface area contributed by atoms with E-state index in [0.717, 1.165) is 5.69 Å². The van der Waals surface area contributed by atoms with Gasteiger partial charge in [-0.2, -0.15) is 4.31 Å². The van der Waals surface area contributed by atoms with E-state index in [1.165, 1.54) is 16.4 Å². The summed E-state index contributed by atoms with van der Waals surface area (Å²) < 4.78 is 32.2. The summed E-state index contributed by atoms with van der Waals surface area (Å²) in [4.78, 5) is 17.2. The summed E-state index contributed by atoms with van der Waals surface area (Å²) in [5.41, 5.74) is 1.70. The molecule has 0 aliphatic rings. The smallest absolute Gasteiger partial charge is 0.253 e. The maximum atomic E-state index is 12.9. The first kappa shape index (κ1) is 23.8. The first-order valence-electron chi connectivity index (χ1n) is 9.99. The molecule has 0 fully saturated rings. The van der Waals surface area contributed by atoms with E-state index in [1.54, 1.807) is 33.2 Å². The summed E-state index contributed by atoms with van der Waals surface area (Å²) in [6.45, 7) is 5.63. The Labute approximate surface area is 178 Å². The van der Waals surface area contributed by atoms with Crippen molar-refractivity contribution in [2.24, 2.45) is 0 Å². The maximum absolute atomic E-state index is 12.9. The highest BCUT2D eigenvalue weighted by Crippen LogP contribution is 2.23. The summed E-state index contributed by atoms with van der Waals surface area (Å²) in [6.07, 6.45) is 2.28. The second-order valence-electron chi connectivity index (χ2n) is 6.54. The molecule has 0 atom stereocenters. The number of amides is 1. The number of benzene rings is 1. The van der Waals surface area contributed by atoms with Crippen molar-refractivity contribution in [2.75, 3.05) is 45.2 Å². The van der Waals surface area contributed by atoms with E-state index in [9.17, 15) is 13.2 Å². The first-order valence-corrected chi connectivity index (χ1v) is 11.4.